The van der Waals surface area contributed by atoms with E-state index in [2.05, 4.69) is 9.80 Å². The van der Waals surface area contributed by atoms with Crippen molar-refractivity contribution < 1.29 is 14.2 Å². The van der Waals surface area contributed by atoms with Gasteiger partial charge in [0.05, 0.1) is 17.0 Å². The summed E-state index contributed by atoms with van der Waals surface area (Å²) in [5.74, 6) is 0.280. The Bertz CT molecular complexity index is 1240. The standard InChI is InChI=1S/C27H32FN3O3/c1-27(2,33)18-34-22-6-7-23-19(15-22)9-14-31(26(23)32)20-5-8-25(24(28)16-20)30-13-10-21(17-30)29-11-3-4-12-29/h5-9,14-16,21,33H,3-4,10-13,17-18H2,1-2H3/t21-/m1/s1. The highest BCUT2D eigenvalue weighted by molar-refractivity contribution is 5.83. The van der Waals surface area contributed by atoms with Crippen LogP contribution in [0, 0.1) is 5.82 Å². The summed E-state index contributed by atoms with van der Waals surface area (Å²) in [5, 5.41) is 11.1. The van der Waals surface area contributed by atoms with Crippen molar-refractivity contribution in [2.45, 2.75) is 44.8 Å². The van der Waals surface area contributed by atoms with Gasteiger partial charge in [-0.1, -0.05) is 0 Å². The molecule has 6 nitrogen and oxygen atoms in total. The zero-order valence-electron chi connectivity index (χ0n) is 19.8. The van der Waals surface area contributed by atoms with Crippen LogP contribution in [0.15, 0.2) is 53.5 Å². The topological polar surface area (TPSA) is 57.9 Å². The third-order valence-electron chi connectivity index (χ3n) is 6.84. The molecule has 0 amide bonds. The molecule has 0 aliphatic carbocycles. The van der Waals surface area contributed by atoms with Gasteiger partial charge < -0.3 is 14.7 Å². The third kappa shape index (κ3) is 4.68. The predicted octanol–water partition coefficient (Wildman–Crippen LogP) is 3.95. The molecule has 0 radical (unpaired) electrons. The van der Waals surface area contributed by atoms with Gasteiger partial charge in [-0.2, -0.15) is 0 Å². The van der Waals surface area contributed by atoms with Crippen molar-refractivity contribution in [1.82, 2.24) is 9.47 Å². The Labute approximate surface area is 199 Å². The Morgan fingerprint density at radius 3 is 2.62 bits per heavy atom. The monoisotopic (exact) mass is 465 g/mol. The van der Waals surface area contributed by atoms with Crippen molar-refractivity contribution in [3.8, 4) is 11.4 Å². The van der Waals surface area contributed by atoms with Gasteiger partial charge in [0, 0.05) is 36.8 Å². The molecule has 180 valence electrons. The molecule has 2 saturated heterocycles. The molecular weight excluding hydrogens is 433 g/mol. The van der Waals surface area contributed by atoms with Crippen LogP contribution >= 0.6 is 0 Å². The van der Waals surface area contributed by atoms with Crippen molar-refractivity contribution in [3.63, 3.8) is 0 Å². The highest BCUT2D eigenvalue weighted by Gasteiger charge is 2.30. The summed E-state index contributed by atoms with van der Waals surface area (Å²) in [6.45, 7) is 7.50. The number of fused-ring (bicyclic) bond motifs is 1. The minimum atomic E-state index is -0.946. The molecule has 3 heterocycles. The lowest BCUT2D eigenvalue weighted by atomic mass is 10.1. The number of likely N-dealkylation sites (tertiary alicyclic amines) is 1. The van der Waals surface area contributed by atoms with E-state index in [1.807, 2.05) is 12.1 Å². The lowest BCUT2D eigenvalue weighted by Gasteiger charge is -2.25. The second-order valence-electron chi connectivity index (χ2n) is 10.1. The maximum absolute atomic E-state index is 15.2. The summed E-state index contributed by atoms with van der Waals surface area (Å²) in [7, 11) is 0. The van der Waals surface area contributed by atoms with Gasteiger partial charge in [0.15, 0.2) is 0 Å². The van der Waals surface area contributed by atoms with Crippen LogP contribution in [-0.4, -0.2) is 59.0 Å². The molecule has 34 heavy (non-hydrogen) atoms. The Morgan fingerprint density at radius 2 is 1.88 bits per heavy atom. The molecule has 0 unspecified atom stereocenters. The molecule has 1 atom stereocenters. The molecule has 0 spiro atoms. The first-order valence-corrected chi connectivity index (χ1v) is 12.1. The van der Waals surface area contributed by atoms with E-state index >= 15 is 4.39 Å². The molecule has 2 aliphatic rings. The van der Waals surface area contributed by atoms with E-state index in [-0.39, 0.29) is 18.0 Å². The Kier molecular flexibility index (Phi) is 6.08. The first-order valence-electron chi connectivity index (χ1n) is 12.1. The second kappa shape index (κ2) is 9.04. The van der Waals surface area contributed by atoms with Gasteiger partial charge in [-0.25, -0.2) is 4.39 Å². The molecule has 0 saturated carbocycles. The number of halogens is 1. The molecule has 1 aromatic heterocycles. The molecule has 2 fully saturated rings. The molecular formula is C27H32FN3O3. The third-order valence-corrected chi connectivity index (χ3v) is 6.84. The van der Waals surface area contributed by atoms with Crippen LogP contribution < -0.4 is 15.2 Å². The summed E-state index contributed by atoms with van der Waals surface area (Å²) in [4.78, 5) is 17.8. The highest BCUT2D eigenvalue weighted by atomic mass is 19.1. The summed E-state index contributed by atoms with van der Waals surface area (Å²) in [6, 6.07) is 12.6. The van der Waals surface area contributed by atoms with Crippen LogP contribution in [-0.2, 0) is 0 Å². The first kappa shape index (κ1) is 22.9. The maximum Gasteiger partial charge on any atom is 0.262 e. The van der Waals surface area contributed by atoms with Crippen LogP contribution in [0.1, 0.15) is 33.1 Å². The molecule has 0 bridgehead atoms. The quantitative estimate of drug-likeness (QED) is 0.597. The smallest absolute Gasteiger partial charge is 0.262 e. The number of nitrogens with zero attached hydrogens (tertiary/aromatic N) is 3. The zero-order chi connectivity index (χ0) is 23.9. The average molecular weight is 466 g/mol. The Morgan fingerprint density at radius 1 is 1.09 bits per heavy atom. The fraction of sp³-hybridized carbons (Fsp3) is 0.444. The van der Waals surface area contributed by atoms with E-state index in [9.17, 15) is 9.90 Å². The lowest BCUT2D eigenvalue weighted by molar-refractivity contribution is 0.0285. The summed E-state index contributed by atoms with van der Waals surface area (Å²) >= 11 is 0. The van der Waals surface area contributed by atoms with Gasteiger partial charge in [-0.3, -0.25) is 14.3 Å². The van der Waals surface area contributed by atoms with Crippen LogP contribution in [0.25, 0.3) is 16.5 Å². The number of aromatic nitrogens is 1. The van der Waals surface area contributed by atoms with Crippen molar-refractivity contribution in [2.24, 2.45) is 0 Å². The Hall–Kier alpha value is -2.90. The largest absolute Gasteiger partial charge is 0.491 e. The van der Waals surface area contributed by atoms with Gasteiger partial charge in [0.25, 0.3) is 5.56 Å². The van der Waals surface area contributed by atoms with E-state index < -0.39 is 5.60 Å². The molecule has 3 aromatic rings. The van der Waals surface area contributed by atoms with Crippen LogP contribution in [0.5, 0.6) is 5.75 Å². The SMILES string of the molecule is CC(C)(O)COc1ccc2c(=O)n(-c3ccc(N4CC[C@@H](N5CCCC5)C4)c(F)c3)ccc2c1. The van der Waals surface area contributed by atoms with Crippen molar-refractivity contribution in [1.29, 1.82) is 0 Å². The first-order chi connectivity index (χ1) is 16.3. The minimum Gasteiger partial charge on any atom is -0.491 e. The van der Waals surface area contributed by atoms with E-state index in [4.69, 9.17) is 4.74 Å². The van der Waals surface area contributed by atoms with E-state index in [1.165, 1.54) is 23.5 Å². The number of anilines is 1. The van der Waals surface area contributed by atoms with Crippen molar-refractivity contribution in [3.05, 3.63) is 64.8 Å². The predicted molar refractivity (Wildman–Crippen MR) is 133 cm³/mol. The van der Waals surface area contributed by atoms with Crippen LogP contribution in [0.3, 0.4) is 0 Å². The van der Waals surface area contributed by atoms with Crippen molar-refractivity contribution >= 4 is 16.5 Å². The van der Waals surface area contributed by atoms with Crippen molar-refractivity contribution in [2.75, 3.05) is 37.7 Å². The maximum atomic E-state index is 15.2. The Balaban J connectivity index is 1.36. The van der Waals surface area contributed by atoms with E-state index in [1.54, 1.807) is 44.3 Å². The van der Waals surface area contributed by atoms with Crippen LogP contribution in [0.2, 0.25) is 0 Å². The summed E-state index contributed by atoms with van der Waals surface area (Å²) in [6.07, 6.45) is 5.25. The van der Waals surface area contributed by atoms with Gasteiger partial charge in [0.2, 0.25) is 0 Å². The average Bonchev–Trinajstić information content (AvgIpc) is 3.49. The summed E-state index contributed by atoms with van der Waals surface area (Å²) < 4.78 is 22.3. The minimum absolute atomic E-state index is 0.150. The summed E-state index contributed by atoms with van der Waals surface area (Å²) in [5.41, 5.74) is -0.0497. The van der Waals surface area contributed by atoms with E-state index in [0.29, 0.717) is 28.6 Å². The zero-order valence-corrected chi connectivity index (χ0v) is 19.8. The number of hydrogen-bond donors (Lipinski definition) is 1. The normalized spacial score (nSPS) is 19.3. The molecule has 2 aliphatic heterocycles. The second-order valence-corrected chi connectivity index (χ2v) is 10.1. The van der Waals surface area contributed by atoms with Gasteiger partial charge >= 0.3 is 0 Å². The van der Waals surface area contributed by atoms with Gasteiger partial charge in [-0.15, -0.1) is 0 Å². The molecule has 2 aromatic carbocycles. The number of aliphatic hydroxyl groups is 1. The number of pyridine rings is 1. The molecule has 5 rings (SSSR count). The molecule has 7 heteroatoms. The van der Waals surface area contributed by atoms with Gasteiger partial charge in [-0.05, 0) is 88.0 Å². The molecule has 1 N–H and O–H groups in total. The number of rotatable bonds is 6. The number of hydrogen-bond acceptors (Lipinski definition) is 5. The van der Waals surface area contributed by atoms with Gasteiger partial charge in [0.1, 0.15) is 18.2 Å². The number of ether oxygens (including phenoxy) is 1. The van der Waals surface area contributed by atoms with E-state index in [0.717, 1.165) is 38.0 Å². The fourth-order valence-electron chi connectivity index (χ4n) is 5.05. The lowest BCUT2D eigenvalue weighted by Crippen LogP contribution is -2.35. The number of benzene rings is 2. The van der Waals surface area contributed by atoms with Crippen LogP contribution in [0.4, 0.5) is 10.1 Å². The fourth-order valence-corrected chi connectivity index (χ4v) is 5.05. The highest BCUT2D eigenvalue weighted by Crippen LogP contribution is 2.29.